The van der Waals surface area contributed by atoms with Gasteiger partial charge in [-0.2, -0.15) is 0 Å². The van der Waals surface area contributed by atoms with Gasteiger partial charge in [0.05, 0.1) is 17.7 Å². The summed E-state index contributed by atoms with van der Waals surface area (Å²) in [7, 11) is -2.15. The molecule has 0 saturated carbocycles. The minimum Gasteiger partial charge on any atom is -0.496 e. The van der Waals surface area contributed by atoms with Crippen LogP contribution in [-0.4, -0.2) is 24.9 Å². The molecule has 0 aliphatic rings. The van der Waals surface area contributed by atoms with Crippen molar-refractivity contribution < 1.29 is 13.2 Å². The molecule has 0 fully saturated rings. The Morgan fingerprint density at radius 3 is 2.40 bits per heavy atom. The van der Waals surface area contributed by atoms with Gasteiger partial charge in [0.2, 0.25) is 0 Å². The van der Waals surface area contributed by atoms with E-state index in [1.165, 1.54) is 0 Å². The highest BCUT2D eigenvalue weighted by Crippen LogP contribution is 2.29. The fourth-order valence-corrected chi connectivity index (χ4v) is 4.78. The number of anilines is 1. The number of ether oxygens (including phenoxy) is 1. The van der Waals surface area contributed by atoms with Crippen molar-refractivity contribution in [2.24, 2.45) is 0 Å². The van der Waals surface area contributed by atoms with Gasteiger partial charge in [0.1, 0.15) is 11.4 Å². The van der Waals surface area contributed by atoms with E-state index < -0.39 is 10.0 Å². The maximum absolute atomic E-state index is 12.9. The van der Waals surface area contributed by atoms with E-state index in [0.29, 0.717) is 17.0 Å². The van der Waals surface area contributed by atoms with Crippen LogP contribution >= 0.6 is 0 Å². The molecule has 4 rings (SSSR count). The van der Waals surface area contributed by atoms with Crippen molar-refractivity contribution >= 4 is 21.4 Å². The molecule has 0 radical (unpaired) electrons. The maximum Gasteiger partial charge on any atom is 0.262 e. The standard InChI is InChI=1S/C23H23N3O3S/c1-15-11-12-26-14-20(24-23(26)13-15)18-5-7-19(8-6-18)25-30(27,28)22-10-9-21(29-4)16(2)17(22)3/h5-14,25H,1-4H3. The Morgan fingerprint density at radius 2 is 1.70 bits per heavy atom. The van der Waals surface area contributed by atoms with Crippen molar-refractivity contribution in [3.8, 4) is 17.0 Å². The number of methoxy groups -OCH3 is 1. The summed E-state index contributed by atoms with van der Waals surface area (Å²) in [5.74, 6) is 0.665. The van der Waals surface area contributed by atoms with E-state index in [1.807, 2.05) is 54.9 Å². The number of hydrogen-bond acceptors (Lipinski definition) is 4. The van der Waals surface area contributed by atoms with Crippen LogP contribution in [0.15, 0.2) is 65.8 Å². The molecule has 0 aliphatic heterocycles. The highest BCUT2D eigenvalue weighted by atomic mass is 32.2. The van der Waals surface area contributed by atoms with Crippen LogP contribution in [0.2, 0.25) is 0 Å². The zero-order valence-electron chi connectivity index (χ0n) is 17.3. The number of sulfonamides is 1. The van der Waals surface area contributed by atoms with E-state index in [2.05, 4.69) is 9.71 Å². The Bertz CT molecular complexity index is 1340. The Balaban J connectivity index is 1.60. The summed E-state index contributed by atoms with van der Waals surface area (Å²) >= 11 is 0. The summed E-state index contributed by atoms with van der Waals surface area (Å²) in [6, 6.07) is 14.5. The Morgan fingerprint density at radius 1 is 0.967 bits per heavy atom. The Hall–Kier alpha value is -3.32. The molecule has 0 amide bonds. The number of aryl methyl sites for hydroxylation is 1. The number of fused-ring (bicyclic) bond motifs is 1. The lowest BCUT2D eigenvalue weighted by Crippen LogP contribution is -2.15. The second kappa shape index (κ2) is 7.50. The van der Waals surface area contributed by atoms with Gasteiger partial charge in [0, 0.05) is 23.6 Å². The lowest BCUT2D eigenvalue weighted by atomic mass is 10.1. The van der Waals surface area contributed by atoms with Gasteiger partial charge >= 0.3 is 0 Å². The van der Waals surface area contributed by atoms with Gasteiger partial charge in [0.15, 0.2) is 0 Å². The molecule has 2 aromatic carbocycles. The summed E-state index contributed by atoms with van der Waals surface area (Å²) in [4.78, 5) is 4.88. The molecule has 6 nitrogen and oxygen atoms in total. The van der Waals surface area contributed by atoms with E-state index in [9.17, 15) is 8.42 Å². The number of rotatable bonds is 5. The number of aromatic nitrogens is 2. The van der Waals surface area contributed by atoms with Crippen LogP contribution in [0.1, 0.15) is 16.7 Å². The topological polar surface area (TPSA) is 72.7 Å². The number of hydrogen-bond donors (Lipinski definition) is 1. The van der Waals surface area contributed by atoms with Gasteiger partial charge in [-0.15, -0.1) is 0 Å². The number of benzene rings is 2. The molecule has 0 atom stereocenters. The molecule has 7 heteroatoms. The largest absolute Gasteiger partial charge is 0.496 e. The third kappa shape index (κ3) is 3.64. The fourth-order valence-electron chi connectivity index (χ4n) is 3.43. The molecule has 154 valence electrons. The Labute approximate surface area is 176 Å². The second-order valence-electron chi connectivity index (χ2n) is 7.29. The van der Waals surface area contributed by atoms with E-state index in [0.717, 1.165) is 28.0 Å². The molecule has 0 unspecified atom stereocenters. The molecule has 4 aromatic rings. The van der Waals surface area contributed by atoms with Gasteiger partial charge in [-0.05, 0) is 73.9 Å². The summed E-state index contributed by atoms with van der Waals surface area (Å²) < 4.78 is 35.7. The minimum absolute atomic E-state index is 0.237. The summed E-state index contributed by atoms with van der Waals surface area (Å²) in [6.45, 7) is 5.65. The third-order valence-electron chi connectivity index (χ3n) is 5.25. The van der Waals surface area contributed by atoms with Crippen LogP contribution in [0, 0.1) is 20.8 Å². The molecular weight excluding hydrogens is 398 g/mol. The van der Waals surface area contributed by atoms with Gasteiger partial charge < -0.3 is 9.14 Å². The monoisotopic (exact) mass is 421 g/mol. The van der Waals surface area contributed by atoms with Gasteiger partial charge in [-0.25, -0.2) is 13.4 Å². The van der Waals surface area contributed by atoms with Crippen molar-refractivity contribution in [1.82, 2.24) is 9.38 Å². The highest BCUT2D eigenvalue weighted by Gasteiger charge is 2.19. The third-order valence-corrected chi connectivity index (χ3v) is 6.77. The van der Waals surface area contributed by atoms with Crippen molar-refractivity contribution in [3.63, 3.8) is 0 Å². The lowest BCUT2D eigenvalue weighted by molar-refractivity contribution is 0.411. The molecular formula is C23H23N3O3S. The number of pyridine rings is 1. The van der Waals surface area contributed by atoms with E-state index in [4.69, 9.17) is 4.74 Å². The maximum atomic E-state index is 12.9. The minimum atomic E-state index is -3.72. The lowest BCUT2D eigenvalue weighted by Gasteiger charge is -2.14. The second-order valence-corrected chi connectivity index (χ2v) is 8.95. The molecule has 30 heavy (non-hydrogen) atoms. The molecule has 2 heterocycles. The van der Waals surface area contributed by atoms with Crippen molar-refractivity contribution in [2.45, 2.75) is 25.7 Å². The van der Waals surface area contributed by atoms with Gasteiger partial charge in [-0.1, -0.05) is 12.1 Å². The fraction of sp³-hybridized carbons (Fsp3) is 0.174. The first kappa shape index (κ1) is 20.0. The molecule has 2 aromatic heterocycles. The number of nitrogens with zero attached hydrogens (tertiary/aromatic N) is 2. The van der Waals surface area contributed by atoms with E-state index in [-0.39, 0.29) is 4.90 Å². The summed E-state index contributed by atoms with van der Waals surface area (Å²) in [6.07, 6.45) is 3.93. The number of imidazole rings is 1. The van der Waals surface area contributed by atoms with Crippen LogP contribution in [0.3, 0.4) is 0 Å². The zero-order valence-corrected chi connectivity index (χ0v) is 18.1. The summed E-state index contributed by atoms with van der Waals surface area (Å²) in [5.41, 5.74) is 5.73. The first-order chi connectivity index (χ1) is 14.3. The molecule has 1 N–H and O–H groups in total. The van der Waals surface area contributed by atoms with Crippen LogP contribution in [0.5, 0.6) is 5.75 Å². The van der Waals surface area contributed by atoms with Crippen LogP contribution in [0.25, 0.3) is 16.9 Å². The van der Waals surface area contributed by atoms with Crippen molar-refractivity contribution in [3.05, 3.63) is 77.6 Å². The SMILES string of the molecule is COc1ccc(S(=O)(=O)Nc2ccc(-c3cn4ccc(C)cc4n3)cc2)c(C)c1C. The predicted octanol–water partition coefficient (Wildman–Crippen LogP) is 4.74. The molecule has 0 spiro atoms. The quantitative estimate of drug-likeness (QED) is 0.505. The molecule has 0 bridgehead atoms. The van der Waals surface area contributed by atoms with Crippen molar-refractivity contribution in [2.75, 3.05) is 11.8 Å². The smallest absolute Gasteiger partial charge is 0.262 e. The highest BCUT2D eigenvalue weighted by molar-refractivity contribution is 7.92. The van der Waals surface area contributed by atoms with Crippen molar-refractivity contribution in [1.29, 1.82) is 0 Å². The average Bonchev–Trinajstić information content (AvgIpc) is 3.13. The van der Waals surface area contributed by atoms with Crippen LogP contribution < -0.4 is 9.46 Å². The normalized spacial score (nSPS) is 11.6. The first-order valence-corrected chi connectivity index (χ1v) is 11.0. The average molecular weight is 422 g/mol. The first-order valence-electron chi connectivity index (χ1n) is 9.51. The summed E-state index contributed by atoms with van der Waals surface area (Å²) in [5, 5.41) is 0. The van der Waals surface area contributed by atoms with E-state index in [1.54, 1.807) is 38.3 Å². The number of nitrogens with one attached hydrogen (secondary N) is 1. The van der Waals surface area contributed by atoms with Crippen LogP contribution in [0.4, 0.5) is 5.69 Å². The van der Waals surface area contributed by atoms with E-state index >= 15 is 0 Å². The van der Waals surface area contributed by atoms with Crippen LogP contribution in [-0.2, 0) is 10.0 Å². The predicted molar refractivity (Wildman–Crippen MR) is 119 cm³/mol. The molecule has 0 saturated heterocycles. The van der Waals surface area contributed by atoms with Gasteiger partial charge in [0.25, 0.3) is 10.0 Å². The van der Waals surface area contributed by atoms with Gasteiger partial charge in [-0.3, -0.25) is 4.72 Å². The Kier molecular flexibility index (Phi) is 4.99. The molecule has 0 aliphatic carbocycles. The zero-order chi connectivity index (χ0) is 21.5.